The predicted molar refractivity (Wildman–Crippen MR) is 175 cm³/mol. The minimum absolute atomic E-state index is 0.0655. The summed E-state index contributed by atoms with van der Waals surface area (Å²) in [7, 11) is 1.63. The summed E-state index contributed by atoms with van der Waals surface area (Å²) < 4.78 is 34.9. The topological polar surface area (TPSA) is 89.5 Å². The van der Waals surface area contributed by atoms with Gasteiger partial charge in [-0.3, -0.25) is 9.59 Å². The molecule has 3 aromatic rings. The Bertz CT molecular complexity index is 1240. The summed E-state index contributed by atoms with van der Waals surface area (Å²) in [4.78, 5) is 22.5. The van der Waals surface area contributed by atoms with Gasteiger partial charge < -0.3 is 28.4 Å². The molecule has 2 saturated heterocycles. The van der Waals surface area contributed by atoms with Crippen LogP contribution >= 0.6 is 0 Å². The minimum Gasteiger partial charge on any atom is -0.462 e. The van der Waals surface area contributed by atoms with Crippen LogP contribution in [0.1, 0.15) is 70.1 Å². The van der Waals surface area contributed by atoms with Gasteiger partial charge >= 0.3 is 11.9 Å². The SMILES string of the molecule is CCC1CC(OC(C)=O)CCO1.CO[C@@H]1CC(C)[C@H](OC(C)=O)C(COC(c2ccccc2)(c2ccccc2)c2ccccc2)O1. The molecule has 0 bridgehead atoms. The highest BCUT2D eigenvalue weighted by Crippen LogP contribution is 2.41. The summed E-state index contributed by atoms with van der Waals surface area (Å²) in [5.41, 5.74) is 2.13. The molecule has 0 saturated carbocycles. The van der Waals surface area contributed by atoms with Crippen molar-refractivity contribution in [2.45, 2.75) is 89.7 Å². The summed E-state index contributed by atoms with van der Waals surface area (Å²) in [6.07, 6.45) is 2.42. The molecule has 0 radical (unpaired) electrons. The Morgan fingerprint density at radius 1 is 0.804 bits per heavy atom. The number of ether oxygens (including phenoxy) is 6. The van der Waals surface area contributed by atoms with Crippen molar-refractivity contribution in [3.63, 3.8) is 0 Å². The second-order valence-electron chi connectivity index (χ2n) is 11.9. The van der Waals surface area contributed by atoms with Gasteiger partial charge in [-0.25, -0.2) is 0 Å². The average Bonchev–Trinajstić information content (AvgIpc) is 3.07. The van der Waals surface area contributed by atoms with Crippen molar-refractivity contribution < 1.29 is 38.0 Å². The van der Waals surface area contributed by atoms with E-state index >= 15 is 0 Å². The number of benzene rings is 3. The predicted octanol–water partition coefficient (Wildman–Crippen LogP) is 6.83. The molecule has 0 amide bonds. The summed E-state index contributed by atoms with van der Waals surface area (Å²) in [5.74, 6) is -0.450. The lowest BCUT2D eigenvalue weighted by molar-refractivity contribution is -0.249. The third-order valence-corrected chi connectivity index (χ3v) is 8.50. The van der Waals surface area contributed by atoms with Crippen molar-refractivity contribution in [2.24, 2.45) is 5.92 Å². The molecule has 4 unspecified atom stereocenters. The fourth-order valence-corrected chi connectivity index (χ4v) is 6.25. The van der Waals surface area contributed by atoms with Crippen molar-refractivity contribution in [2.75, 3.05) is 20.3 Å². The van der Waals surface area contributed by atoms with Gasteiger partial charge in [0.2, 0.25) is 0 Å². The van der Waals surface area contributed by atoms with E-state index in [0.717, 1.165) is 42.6 Å². The lowest BCUT2D eigenvalue weighted by Crippen LogP contribution is -2.50. The number of methoxy groups -OCH3 is 1. The second kappa shape index (κ2) is 17.4. The fraction of sp³-hybridized carbons (Fsp3) is 0.474. The molecular weight excluding hydrogens is 584 g/mol. The van der Waals surface area contributed by atoms with Crippen LogP contribution in [0.25, 0.3) is 0 Å². The van der Waals surface area contributed by atoms with Gasteiger partial charge in [0.15, 0.2) is 6.29 Å². The lowest BCUT2D eigenvalue weighted by Gasteiger charge is -2.42. The molecule has 0 aliphatic carbocycles. The Hall–Kier alpha value is -3.56. The third kappa shape index (κ3) is 9.26. The first-order valence-corrected chi connectivity index (χ1v) is 16.2. The zero-order valence-corrected chi connectivity index (χ0v) is 27.6. The Morgan fingerprint density at radius 2 is 1.33 bits per heavy atom. The summed E-state index contributed by atoms with van der Waals surface area (Å²) >= 11 is 0. The highest BCUT2D eigenvalue weighted by molar-refractivity contribution is 5.66. The van der Waals surface area contributed by atoms with Crippen LogP contribution in [0.5, 0.6) is 0 Å². The number of esters is 2. The molecule has 46 heavy (non-hydrogen) atoms. The quantitative estimate of drug-likeness (QED) is 0.178. The van der Waals surface area contributed by atoms with E-state index in [-0.39, 0.29) is 43.0 Å². The molecule has 8 nitrogen and oxygen atoms in total. The molecule has 5 rings (SSSR count). The van der Waals surface area contributed by atoms with Crippen molar-refractivity contribution >= 4 is 11.9 Å². The first kappa shape index (κ1) is 35.3. The van der Waals surface area contributed by atoms with E-state index < -0.39 is 17.8 Å². The van der Waals surface area contributed by atoms with Crippen molar-refractivity contribution in [1.29, 1.82) is 0 Å². The van der Waals surface area contributed by atoms with Crippen LogP contribution in [0.2, 0.25) is 0 Å². The molecule has 3 aromatic carbocycles. The van der Waals surface area contributed by atoms with Gasteiger partial charge in [-0.05, 0) is 23.1 Å². The minimum atomic E-state index is -0.878. The molecule has 0 spiro atoms. The maximum absolute atomic E-state index is 11.9. The first-order chi connectivity index (χ1) is 22.3. The largest absolute Gasteiger partial charge is 0.462 e. The summed E-state index contributed by atoms with van der Waals surface area (Å²) in [6, 6.07) is 30.5. The van der Waals surface area contributed by atoms with Crippen molar-refractivity contribution in [1.82, 2.24) is 0 Å². The Morgan fingerprint density at radius 3 is 1.78 bits per heavy atom. The molecule has 6 atom stereocenters. The van der Waals surface area contributed by atoms with Crippen molar-refractivity contribution in [3.05, 3.63) is 108 Å². The standard InChI is InChI=1S/C29H32O5.C9H16O3/c1-21-19-27(31-3)34-26(28(21)33-22(2)30)20-32-29(23-13-7-4-8-14-23,24-15-9-5-10-16-24)25-17-11-6-12-18-25;1-3-8-6-9(4-5-11-8)12-7(2)10/h4-18,21,26-28H,19-20H2,1-3H3;8-9H,3-6H2,1-2H3/t21?,26?,27-,28-;/m0./s1. The van der Waals surface area contributed by atoms with Gasteiger partial charge in [-0.2, -0.15) is 0 Å². The Kier molecular flexibility index (Phi) is 13.3. The van der Waals surface area contributed by atoms with Crippen LogP contribution in [0.4, 0.5) is 0 Å². The van der Waals surface area contributed by atoms with Crippen LogP contribution in [-0.4, -0.2) is 63.0 Å². The van der Waals surface area contributed by atoms with Gasteiger partial charge in [0.05, 0.1) is 19.3 Å². The molecule has 0 aromatic heterocycles. The fourth-order valence-electron chi connectivity index (χ4n) is 6.25. The van der Waals surface area contributed by atoms with Crippen molar-refractivity contribution in [3.8, 4) is 0 Å². The molecule has 2 fully saturated rings. The highest BCUT2D eigenvalue weighted by atomic mass is 16.7. The maximum Gasteiger partial charge on any atom is 0.303 e. The molecule has 2 heterocycles. The van der Waals surface area contributed by atoms with Gasteiger partial charge in [0.25, 0.3) is 0 Å². The zero-order chi connectivity index (χ0) is 32.9. The highest BCUT2D eigenvalue weighted by Gasteiger charge is 2.43. The zero-order valence-electron chi connectivity index (χ0n) is 27.6. The van der Waals surface area contributed by atoms with E-state index in [1.165, 1.54) is 13.8 Å². The normalized spacial score (nSPS) is 24.6. The van der Waals surface area contributed by atoms with Crippen LogP contribution in [0.3, 0.4) is 0 Å². The van der Waals surface area contributed by atoms with Gasteiger partial charge in [-0.1, -0.05) is 105 Å². The van der Waals surface area contributed by atoms with Crippen LogP contribution in [0.15, 0.2) is 91.0 Å². The molecule has 2 aliphatic heterocycles. The molecule has 2 aliphatic rings. The number of carbonyl (C=O) groups is 2. The Labute approximate surface area is 273 Å². The van der Waals surface area contributed by atoms with E-state index in [4.69, 9.17) is 28.4 Å². The van der Waals surface area contributed by atoms with E-state index in [0.29, 0.717) is 6.42 Å². The van der Waals surface area contributed by atoms with Gasteiger partial charge in [-0.15, -0.1) is 0 Å². The monoisotopic (exact) mass is 632 g/mol. The van der Waals surface area contributed by atoms with Gasteiger partial charge in [0.1, 0.15) is 23.9 Å². The van der Waals surface area contributed by atoms with Gasteiger partial charge in [0, 0.05) is 46.1 Å². The summed E-state index contributed by atoms with van der Waals surface area (Å²) in [6.45, 7) is 7.94. The Balaban J connectivity index is 0.000000337. The molecule has 248 valence electrons. The third-order valence-electron chi connectivity index (χ3n) is 8.50. The van der Waals surface area contributed by atoms with Crippen LogP contribution < -0.4 is 0 Å². The lowest BCUT2D eigenvalue weighted by atomic mass is 9.80. The van der Waals surface area contributed by atoms with E-state index in [2.05, 4.69) is 43.3 Å². The van der Waals surface area contributed by atoms with E-state index in [9.17, 15) is 9.59 Å². The molecular formula is C38H48O8. The maximum atomic E-state index is 11.9. The number of hydrogen-bond acceptors (Lipinski definition) is 8. The molecule has 8 heteroatoms. The smallest absolute Gasteiger partial charge is 0.303 e. The second-order valence-corrected chi connectivity index (χ2v) is 11.9. The molecule has 0 N–H and O–H groups in total. The number of hydrogen-bond donors (Lipinski definition) is 0. The van der Waals surface area contributed by atoms with E-state index in [1.807, 2.05) is 61.5 Å². The summed E-state index contributed by atoms with van der Waals surface area (Å²) in [5, 5.41) is 0. The van der Waals surface area contributed by atoms with E-state index in [1.54, 1.807) is 7.11 Å². The number of carbonyl (C=O) groups excluding carboxylic acids is 2. The number of rotatable bonds is 10. The first-order valence-electron chi connectivity index (χ1n) is 16.2. The van der Waals surface area contributed by atoms with Crippen LogP contribution in [-0.2, 0) is 43.6 Å². The average molecular weight is 633 g/mol. The van der Waals surface area contributed by atoms with Crippen LogP contribution in [0, 0.1) is 5.92 Å².